The van der Waals surface area contributed by atoms with Gasteiger partial charge in [0.2, 0.25) is 6.79 Å². The first-order valence-corrected chi connectivity index (χ1v) is 10.1. The summed E-state index contributed by atoms with van der Waals surface area (Å²) in [5.74, 6) is -0.538. The Balaban J connectivity index is 1.66. The van der Waals surface area contributed by atoms with Crippen molar-refractivity contribution < 1.29 is 32.2 Å². The summed E-state index contributed by atoms with van der Waals surface area (Å²) < 4.78 is 38.7. The van der Waals surface area contributed by atoms with E-state index in [1.807, 2.05) is 0 Å². The Hall–Kier alpha value is -2.00. The molecule has 0 aromatic heterocycles. The van der Waals surface area contributed by atoms with Gasteiger partial charge in [-0.2, -0.15) is 0 Å². The Morgan fingerprint density at radius 2 is 2.08 bits per heavy atom. The van der Waals surface area contributed by atoms with E-state index in [4.69, 9.17) is 25.8 Å². The number of ether oxygens (including phenoxy) is 3. The first-order chi connectivity index (χ1) is 12.2. The van der Waals surface area contributed by atoms with Gasteiger partial charge in [-0.05, 0) is 25.5 Å². The lowest BCUT2D eigenvalue weighted by Crippen LogP contribution is -2.44. The maximum Gasteiger partial charge on any atom is 0.339 e. The van der Waals surface area contributed by atoms with Gasteiger partial charge in [0, 0.05) is 13.1 Å². The van der Waals surface area contributed by atoms with Crippen LogP contribution < -0.4 is 9.47 Å². The van der Waals surface area contributed by atoms with E-state index in [0.29, 0.717) is 17.9 Å². The fourth-order valence-corrected chi connectivity index (χ4v) is 4.95. The molecule has 0 saturated carbocycles. The lowest BCUT2D eigenvalue weighted by atomic mass is 10.2. The highest BCUT2D eigenvalue weighted by Crippen LogP contribution is 2.40. The molecule has 0 bridgehead atoms. The van der Waals surface area contributed by atoms with Crippen LogP contribution in [0.15, 0.2) is 12.1 Å². The van der Waals surface area contributed by atoms with Crippen molar-refractivity contribution in [3.63, 3.8) is 0 Å². The van der Waals surface area contributed by atoms with Crippen LogP contribution in [0.1, 0.15) is 23.7 Å². The molecule has 1 amide bonds. The van der Waals surface area contributed by atoms with Crippen LogP contribution in [-0.2, 0) is 19.4 Å². The molecular weight excluding hydrogens is 386 g/mol. The van der Waals surface area contributed by atoms with Crippen LogP contribution in [0.2, 0.25) is 5.02 Å². The van der Waals surface area contributed by atoms with Crippen LogP contribution >= 0.6 is 11.6 Å². The van der Waals surface area contributed by atoms with Crippen molar-refractivity contribution in [1.29, 1.82) is 0 Å². The third-order valence-electron chi connectivity index (χ3n) is 4.40. The molecule has 2 aliphatic heterocycles. The first kappa shape index (κ1) is 18.8. The van der Waals surface area contributed by atoms with Gasteiger partial charge in [-0.15, -0.1) is 0 Å². The normalized spacial score (nSPS) is 21.3. The molecule has 1 aromatic rings. The van der Waals surface area contributed by atoms with Gasteiger partial charge in [0.1, 0.15) is 0 Å². The number of likely N-dealkylation sites (N-methyl/N-ethyl adjacent to an activating group) is 1. The number of carbonyl (C=O) groups is 2. The first-order valence-electron chi connectivity index (χ1n) is 7.95. The van der Waals surface area contributed by atoms with E-state index in [0.717, 1.165) is 0 Å². The van der Waals surface area contributed by atoms with Crippen molar-refractivity contribution in [3.8, 4) is 11.5 Å². The van der Waals surface area contributed by atoms with Crippen LogP contribution in [0.5, 0.6) is 11.5 Å². The zero-order chi connectivity index (χ0) is 19.1. The Morgan fingerprint density at radius 3 is 2.73 bits per heavy atom. The van der Waals surface area contributed by atoms with Crippen LogP contribution in [0, 0.1) is 0 Å². The lowest BCUT2D eigenvalue weighted by Gasteiger charge is -2.26. The molecule has 26 heavy (non-hydrogen) atoms. The fourth-order valence-electron chi connectivity index (χ4n) is 2.91. The van der Waals surface area contributed by atoms with Crippen molar-refractivity contribution >= 4 is 33.3 Å². The van der Waals surface area contributed by atoms with Gasteiger partial charge in [-0.1, -0.05) is 11.6 Å². The van der Waals surface area contributed by atoms with Crippen LogP contribution in [0.4, 0.5) is 0 Å². The molecule has 1 saturated heterocycles. The molecular formula is C16H18ClNO7S. The van der Waals surface area contributed by atoms with Gasteiger partial charge in [-0.25, -0.2) is 13.2 Å². The molecule has 0 aliphatic carbocycles. The van der Waals surface area contributed by atoms with Crippen LogP contribution in [0.3, 0.4) is 0 Å². The minimum atomic E-state index is -3.12. The third-order valence-corrected chi connectivity index (χ3v) is 6.43. The second-order valence-electron chi connectivity index (χ2n) is 6.25. The van der Waals surface area contributed by atoms with Gasteiger partial charge in [0.05, 0.1) is 22.1 Å². The molecule has 3 rings (SSSR count). The highest BCUT2D eigenvalue weighted by Gasteiger charge is 2.35. The van der Waals surface area contributed by atoms with Crippen molar-refractivity contribution in [2.75, 3.05) is 25.3 Å². The summed E-state index contributed by atoms with van der Waals surface area (Å²) in [6, 6.07) is 2.40. The van der Waals surface area contributed by atoms with Crippen molar-refractivity contribution in [2.24, 2.45) is 0 Å². The highest BCUT2D eigenvalue weighted by atomic mass is 35.5. The zero-order valence-electron chi connectivity index (χ0n) is 14.2. The van der Waals surface area contributed by atoms with E-state index in [-0.39, 0.29) is 28.9 Å². The molecule has 2 aliphatic rings. The van der Waals surface area contributed by atoms with E-state index < -0.39 is 33.9 Å². The second-order valence-corrected chi connectivity index (χ2v) is 8.88. The number of amides is 1. The minimum absolute atomic E-state index is 0.0114. The van der Waals surface area contributed by atoms with Crippen molar-refractivity contribution in [3.05, 3.63) is 22.7 Å². The van der Waals surface area contributed by atoms with E-state index in [2.05, 4.69) is 0 Å². The van der Waals surface area contributed by atoms with Gasteiger partial charge >= 0.3 is 5.97 Å². The molecule has 0 spiro atoms. The largest absolute Gasteiger partial charge is 0.454 e. The number of hydrogen-bond donors (Lipinski definition) is 0. The second kappa shape index (κ2) is 6.96. The molecule has 2 atom stereocenters. The number of carbonyl (C=O) groups excluding carboxylic acids is 2. The van der Waals surface area contributed by atoms with Gasteiger partial charge in [0.15, 0.2) is 27.4 Å². The zero-order valence-corrected chi connectivity index (χ0v) is 15.8. The number of fused-ring (bicyclic) bond motifs is 1. The Bertz CT molecular complexity index is 854. The summed E-state index contributed by atoms with van der Waals surface area (Å²) in [4.78, 5) is 26.1. The molecule has 0 radical (unpaired) electrons. The molecule has 2 heterocycles. The fraction of sp³-hybridized carbons (Fsp3) is 0.500. The molecule has 0 N–H and O–H groups in total. The molecule has 0 unspecified atom stereocenters. The lowest BCUT2D eigenvalue weighted by molar-refractivity contribution is -0.140. The predicted molar refractivity (Wildman–Crippen MR) is 92.3 cm³/mol. The van der Waals surface area contributed by atoms with Crippen LogP contribution in [0.25, 0.3) is 0 Å². The van der Waals surface area contributed by atoms with Gasteiger partial charge in [-0.3, -0.25) is 4.79 Å². The summed E-state index contributed by atoms with van der Waals surface area (Å²) in [7, 11) is -1.61. The molecule has 1 fully saturated rings. The number of hydrogen-bond acceptors (Lipinski definition) is 7. The molecule has 142 valence electrons. The van der Waals surface area contributed by atoms with E-state index in [9.17, 15) is 18.0 Å². The van der Waals surface area contributed by atoms with Gasteiger partial charge in [0.25, 0.3) is 5.91 Å². The highest BCUT2D eigenvalue weighted by molar-refractivity contribution is 7.91. The monoisotopic (exact) mass is 403 g/mol. The van der Waals surface area contributed by atoms with E-state index >= 15 is 0 Å². The number of sulfone groups is 1. The topological polar surface area (TPSA) is 99.2 Å². The maximum absolute atomic E-state index is 12.4. The van der Waals surface area contributed by atoms with Crippen molar-refractivity contribution in [1.82, 2.24) is 4.90 Å². The SMILES string of the molecule is C[C@@H](OC(=O)c1cc(Cl)c2c(c1)OCO2)C(=O)N(C)[C@H]1CCS(=O)(=O)C1. The maximum atomic E-state index is 12.4. The summed E-state index contributed by atoms with van der Waals surface area (Å²) >= 11 is 6.04. The molecule has 1 aromatic carbocycles. The van der Waals surface area contributed by atoms with E-state index in [1.54, 1.807) is 0 Å². The predicted octanol–water partition coefficient (Wildman–Crippen LogP) is 1.26. The number of esters is 1. The van der Waals surface area contributed by atoms with Gasteiger partial charge < -0.3 is 19.1 Å². The number of nitrogens with zero attached hydrogens (tertiary/aromatic N) is 1. The van der Waals surface area contributed by atoms with Crippen molar-refractivity contribution in [2.45, 2.75) is 25.5 Å². The minimum Gasteiger partial charge on any atom is -0.454 e. The summed E-state index contributed by atoms with van der Waals surface area (Å²) in [5.41, 5.74) is 0.130. The quantitative estimate of drug-likeness (QED) is 0.698. The average Bonchev–Trinajstić information content (AvgIpc) is 3.19. The number of benzene rings is 1. The Morgan fingerprint density at radius 1 is 1.35 bits per heavy atom. The number of halogens is 1. The third kappa shape index (κ3) is 3.73. The summed E-state index contributed by atoms with van der Waals surface area (Å²) in [5, 5.41) is 0.208. The van der Waals surface area contributed by atoms with Crippen LogP contribution in [-0.4, -0.2) is 62.7 Å². The number of rotatable bonds is 4. The van der Waals surface area contributed by atoms with E-state index in [1.165, 1.54) is 31.0 Å². The Kier molecular flexibility index (Phi) is 5.03. The summed E-state index contributed by atoms with van der Waals surface area (Å²) in [6.07, 6.45) is -0.691. The molecule has 10 heteroatoms. The summed E-state index contributed by atoms with van der Waals surface area (Å²) in [6.45, 7) is 1.45. The average molecular weight is 404 g/mol. The smallest absolute Gasteiger partial charge is 0.339 e. The Labute approximate surface area is 155 Å². The standard InChI is InChI=1S/C16H18ClNO7S/c1-9(15(19)18(2)11-3-4-26(21,22)7-11)25-16(20)10-5-12(17)14-13(6-10)23-8-24-14/h5-6,9,11H,3-4,7-8H2,1-2H3/t9-,11+/m1/s1. The molecule has 8 nitrogen and oxygen atoms in total.